The Morgan fingerprint density at radius 3 is 2.75 bits per heavy atom. The highest BCUT2D eigenvalue weighted by atomic mass is 32.1. The smallest absolute Gasteiger partial charge is 0.272 e. The molecule has 0 aliphatic carbocycles. The van der Waals surface area contributed by atoms with E-state index in [1.54, 1.807) is 49.1 Å². The van der Waals surface area contributed by atoms with E-state index in [2.05, 4.69) is 10.9 Å². The molecule has 0 bridgehead atoms. The average molecular weight is 396 g/mol. The minimum absolute atomic E-state index is 0.233. The first-order valence-electron chi connectivity index (χ1n) is 8.27. The number of amides is 1. The number of benzene rings is 2. The molecule has 0 spiro atoms. The second-order valence-corrected chi connectivity index (χ2v) is 6.69. The summed E-state index contributed by atoms with van der Waals surface area (Å²) in [7, 11) is 3.10. The summed E-state index contributed by atoms with van der Waals surface area (Å²) in [6.45, 7) is 0.233. The largest absolute Gasteiger partial charge is 0.493 e. The van der Waals surface area contributed by atoms with Crippen LogP contribution in [0.15, 0.2) is 47.5 Å². The van der Waals surface area contributed by atoms with E-state index in [0.717, 1.165) is 11.1 Å². The van der Waals surface area contributed by atoms with Gasteiger partial charge in [-0.3, -0.25) is 4.79 Å². The Kier molecular flexibility index (Phi) is 5.92. The lowest BCUT2D eigenvalue weighted by atomic mass is 10.2. The Labute approximate surface area is 165 Å². The minimum atomic E-state index is -0.451. The summed E-state index contributed by atoms with van der Waals surface area (Å²) in [5.74, 6) is 2.89. The molecule has 0 fully saturated rings. The third kappa shape index (κ3) is 4.13. The normalized spacial score (nSPS) is 11.7. The van der Waals surface area contributed by atoms with E-state index in [1.807, 2.05) is 0 Å². The van der Waals surface area contributed by atoms with Gasteiger partial charge in [0.2, 0.25) is 0 Å². The van der Waals surface area contributed by atoms with E-state index in [-0.39, 0.29) is 12.4 Å². The predicted molar refractivity (Wildman–Crippen MR) is 108 cm³/mol. The molecule has 0 saturated carbocycles. The summed E-state index contributed by atoms with van der Waals surface area (Å²) in [5.41, 5.74) is 1.50. The van der Waals surface area contributed by atoms with Gasteiger partial charge in [-0.05, 0) is 42.0 Å². The number of methoxy groups -OCH3 is 2. The zero-order valence-corrected chi connectivity index (χ0v) is 16.1. The van der Waals surface area contributed by atoms with E-state index >= 15 is 0 Å². The highest BCUT2D eigenvalue weighted by Gasteiger charge is 2.08. The predicted octanol–water partition coefficient (Wildman–Crippen LogP) is 3.63. The number of thiazole rings is 1. The van der Waals surface area contributed by atoms with Crippen molar-refractivity contribution in [2.24, 2.45) is 4.99 Å². The molecule has 0 radical (unpaired) electrons. The summed E-state index contributed by atoms with van der Waals surface area (Å²) in [6.07, 6.45) is 8.41. The van der Waals surface area contributed by atoms with Gasteiger partial charge in [0.25, 0.3) is 5.91 Å². The standard InChI is InChI=1S/C21H17FN2O3S/c1-4-11-24-16-8-7-15(22)13-19(16)28-21(24)23-20(25)10-6-14-5-9-17(26-2)18(12-14)27-3/h1,5-10,12-13H,11H2,2-3H3. The number of nitrogens with zero attached hydrogens (tertiary/aromatic N) is 2. The van der Waals surface area contributed by atoms with Crippen LogP contribution in [0.2, 0.25) is 0 Å². The Bertz CT molecular complexity index is 1170. The summed E-state index contributed by atoms with van der Waals surface area (Å²) in [5, 5.41) is 0. The maximum absolute atomic E-state index is 13.5. The van der Waals surface area contributed by atoms with Crippen molar-refractivity contribution in [1.82, 2.24) is 4.57 Å². The van der Waals surface area contributed by atoms with Crippen molar-refractivity contribution < 1.29 is 18.7 Å². The molecule has 0 unspecified atom stereocenters. The van der Waals surface area contributed by atoms with Crippen LogP contribution in [0.4, 0.5) is 4.39 Å². The quantitative estimate of drug-likeness (QED) is 0.489. The Morgan fingerprint density at radius 2 is 2.04 bits per heavy atom. The van der Waals surface area contributed by atoms with Crippen molar-refractivity contribution in [3.8, 4) is 23.8 Å². The van der Waals surface area contributed by atoms with Gasteiger partial charge in [0.1, 0.15) is 5.82 Å². The lowest BCUT2D eigenvalue weighted by molar-refractivity contribution is -0.113. The molecule has 1 heterocycles. The first-order chi connectivity index (χ1) is 13.5. The molecule has 0 atom stereocenters. The van der Waals surface area contributed by atoms with Crippen molar-refractivity contribution in [1.29, 1.82) is 0 Å². The van der Waals surface area contributed by atoms with E-state index < -0.39 is 5.91 Å². The first kappa shape index (κ1) is 19.4. The third-order valence-electron chi connectivity index (χ3n) is 3.93. The van der Waals surface area contributed by atoms with E-state index in [1.165, 1.54) is 29.5 Å². The van der Waals surface area contributed by atoms with Crippen LogP contribution in [0, 0.1) is 18.2 Å². The highest BCUT2D eigenvalue weighted by molar-refractivity contribution is 7.16. The zero-order chi connectivity index (χ0) is 20.1. The number of ether oxygens (including phenoxy) is 2. The highest BCUT2D eigenvalue weighted by Crippen LogP contribution is 2.28. The summed E-state index contributed by atoms with van der Waals surface area (Å²) in [6, 6.07) is 9.68. The van der Waals surface area contributed by atoms with Gasteiger partial charge in [0.05, 0.1) is 31.0 Å². The van der Waals surface area contributed by atoms with Gasteiger partial charge in [-0.2, -0.15) is 4.99 Å². The molecule has 1 aromatic heterocycles. The molecule has 3 aromatic rings. The van der Waals surface area contributed by atoms with Crippen LogP contribution in [0.3, 0.4) is 0 Å². The van der Waals surface area contributed by atoms with E-state index in [0.29, 0.717) is 21.0 Å². The van der Waals surface area contributed by atoms with Crippen molar-refractivity contribution in [3.63, 3.8) is 0 Å². The molecular formula is C21H17FN2O3S. The van der Waals surface area contributed by atoms with Gasteiger partial charge in [-0.25, -0.2) is 4.39 Å². The molecule has 28 heavy (non-hydrogen) atoms. The number of aromatic nitrogens is 1. The minimum Gasteiger partial charge on any atom is -0.493 e. The Morgan fingerprint density at radius 1 is 1.25 bits per heavy atom. The summed E-state index contributed by atoms with van der Waals surface area (Å²) >= 11 is 1.21. The number of terminal acetylenes is 1. The van der Waals surface area contributed by atoms with Crippen molar-refractivity contribution >= 4 is 33.5 Å². The molecule has 5 nitrogen and oxygen atoms in total. The number of halogens is 1. The van der Waals surface area contributed by atoms with E-state index in [9.17, 15) is 9.18 Å². The van der Waals surface area contributed by atoms with Gasteiger partial charge in [-0.15, -0.1) is 6.42 Å². The monoisotopic (exact) mass is 396 g/mol. The van der Waals surface area contributed by atoms with Crippen LogP contribution in [0.25, 0.3) is 16.3 Å². The molecule has 0 aliphatic heterocycles. The van der Waals surface area contributed by atoms with E-state index in [4.69, 9.17) is 15.9 Å². The van der Waals surface area contributed by atoms with Crippen LogP contribution in [-0.4, -0.2) is 24.7 Å². The van der Waals surface area contributed by atoms with Crippen molar-refractivity contribution in [3.05, 3.63) is 58.7 Å². The topological polar surface area (TPSA) is 52.8 Å². The van der Waals surface area contributed by atoms with Crippen LogP contribution in [0.1, 0.15) is 5.56 Å². The second kappa shape index (κ2) is 8.55. The molecular weight excluding hydrogens is 379 g/mol. The first-order valence-corrected chi connectivity index (χ1v) is 9.08. The van der Waals surface area contributed by atoms with Crippen LogP contribution >= 0.6 is 11.3 Å². The molecule has 0 N–H and O–H groups in total. The lowest BCUT2D eigenvalue weighted by Crippen LogP contribution is -2.15. The molecule has 7 heteroatoms. The zero-order valence-electron chi connectivity index (χ0n) is 15.3. The maximum atomic E-state index is 13.5. The Hall–Kier alpha value is -3.37. The SMILES string of the molecule is C#CCn1c(=NC(=O)C=Cc2ccc(OC)c(OC)c2)sc2cc(F)ccc21. The number of hydrogen-bond donors (Lipinski definition) is 0. The maximum Gasteiger partial charge on any atom is 0.272 e. The van der Waals surface area contributed by atoms with Gasteiger partial charge in [0, 0.05) is 6.08 Å². The second-order valence-electron chi connectivity index (χ2n) is 5.68. The lowest BCUT2D eigenvalue weighted by Gasteiger charge is -2.07. The molecule has 2 aromatic carbocycles. The third-order valence-corrected chi connectivity index (χ3v) is 4.97. The van der Waals surface area contributed by atoms with Gasteiger partial charge in [-0.1, -0.05) is 23.3 Å². The fourth-order valence-corrected chi connectivity index (χ4v) is 3.69. The van der Waals surface area contributed by atoms with Crippen LogP contribution < -0.4 is 14.3 Å². The number of hydrogen-bond acceptors (Lipinski definition) is 4. The fraction of sp³-hybridized carbons (Fsp3) is 0.143. The van der Waals surface area contributed by atoms with Crippen molar-refractivity contribution in [2.75, 3.05) is 14.2 Å². The molecule has 0 aliphatic rings. The van der Waals surface area contributed by atoms with Crippen molar-refractivity contribution in [2.45, 2.75) is 6.54 Å². The molecule has 0 saturated heterocycles. The summed E-state index contributed by atoms with van der Waals surface area (Å²) in [4.78, 5) is 16.9. The summed E-state index contributed by atoms with van der Waals surface area (Å²) < 4.78 is 26.3. The molecule has 142 valence electrons. The van der Waals surface area contributed by atoms with Gasteiger partial charge < -0.3 is 14.0 Å². The molecule has 3 rings (SSSR count). The Balaban J connectivity index is 1.93. The molecule has 1 amide bonds. The number of fused-ring (bicyclic) bond motifs is 1. The number of carbonyl (C=O) groups is 1. The number of carbonyl (C=O) groups excluding carboxylic acids is 1. The van der Waals surface area contributed by atoms with Gasteiger partial charge in [0.15, 0.2) is 16.3 Å². The fourth-order valence-electron chi connectivity index (χ4n) is 2.63. The number of rotatable bonds is 5. The van der Waals surface area contributed by atoms with Crippen LogP contribution in [0.5, 0.6) is 11.5 Å². The average Bonchev–Trinajstić information content (AvgIpc) is 3.02. The van der Waals surface area contributed by atoms with Crippen LogP contribution in [-0.2, 0) is 11.3 Å². The van der Waals surface area contributed by atoms with Gasteiger partial charge >= 0.3 is 0 Å².